The Balaban J connectivity index is 1.91. The summed E-state index contributed by atoms with van der Waals surface area (Å²) in [5, 5.41) is 1.55. The molecule has 1 aliphatic rings. The van der Waals surface area contributed by atoms with E-state index in [0.717, 1.165) is 5.01 Å². The minimum absolute atomic E-state index is 0.0796. The van der Waals surface area contributed by atoms with Gasteiger partial charge in [-0.25, -0.2) is 9.80 Å². The number of carbonyl (C=O) groups excluding carboxylic acids is 3. The Morgan fingerprint density at radius 1 is 1.19 bits per heavy atom. The molecule has 0 aliphatic carbocycles. The molecule has 1 N–H and O–H groups in total. The van der Waals surface area contributed by atoms with E-state index in [4.69, 9.17) is 16.3 Å². The molecular weight excluding hydrogens is 372 g/mol. The molecule has 27 heavy (non-hydrogen) atoms. The molecule has 138 valence electrons. The van der Waals surface area contributed by atoms with Crippen LogP contribution in [0.1, 0.15) is 5.56 Å². The summed E-state index contributed by atoms with van der Waals surface area (Å²) in [7, 11) is 1.25. The van der Waals surface area contributed by atoms with E-state index in [1.165, 1.54) is 19.3 Å². The molecule has 0 aromatic heterocycles. The average Bonchev–Trinajstić information content (AvgIpc) is 2.96. The second kappa shape index (κ2) is 7.92. The maximum atomic E-state index is 12.7. The van der Waals surface area contributed by atoms with Gasteiger partial charge in [-0.15, -0.1) is 0 Å². The number of nitrogens with zero attached hydrogens (tertiary/aromatic N) is 1. The van der Waals surface area contributed by atoms with Gasteiger partial charge in [0.2, 0.25) is 0 Å². The van der Waals surface area contributed by atoms with Crippen LogP contribution in [0.15, 0.2) is 54.1 Å². The van der Waals surface area contributed by atoms with Crippen LogP contribution in [0.4, 0.5) is 5.69 Å². The van der Waals surface area contributed by atoms with Crippen molar-refractivity contribution < 1.29 is 23.9 Å². The second-order valence-electron chi connectivity index (χ2n) is 5.52. The van der Waals surface area contributed by atoms with Crippen molar-refractivity contribution >= 4 is 41.1 Å². The SMILES string of the molecule is COC(=O)COc1ccc(Cl)cc1/C=C1/C(=O)NN(c2ccccc2)C1=O. The molecule has 1 fully saturated rings. The van der Waals surface area contributed by atoms with E-state index in [1.807, 2.05) is 0 Å². The third kappa shape index (κ3) is 4.09. The van der Waals surface area contributed by atoms with Crippen molar-refractivity contribution in [2.75, 3.05) is 18.7 Å². The summed E-state index contributed by atoms with van der Waals surface area (Å²) in [6.45, 7) is -0.315. The minimum Gasteiger partial charge on any atom is -0.481 e. The highest BCUT2D eigenvalue weighted by Gasteiger charge is 2.34. The van der Waals surface area contributed by atoms with Gasteiger partial charge in [0.25, 0.3) is 11.8 Å². The smallest absolute Gasteiger partial charge is 0.343 e. The van der Waals surface area contributed by atoms with Gasteiger partial charge in [-0.1, -0.05) is 29.8 Å². The Bertz CT molecular complexity index is 927. The van der Waals surface area contributed by atoms with Gasteiger partial charge in [0, 0.05) is 10.6 Å². The Hall–Kier alpha value is -3.32. The molecule has 2 aromatic rings. The zero-order valence-electron chi connectivity index (χ0n) is 14.3. The van der Waals surface area contributed by atoms with E-state index in [2.05, 4.69) is 10.2 Å². The lowest BCUT2D eigenvalue weighted by molar-refractivity contribution is -0.142. The number of anilines is 1. The van der Waals surface area contributed by atoms with Crippen molar-refractivity contribution in [2.24, 2.45) is 0 Å². The van der Waals surface area contributed by atoms with Crippen molar-refractivity contribution in [3.8, 4) is 5.75 Å². The molecule has 7 nitrogen and oxygen atoms in total. The third-order valence-corrected chi connectivity index (χ3v) is 3.99. The van der Waals surface area contributed by atoms with Gasteiger partial charge >= 0.3 is 5.97 Å². The summed E-state index contributed by atoms with van der Waals surface area (Å²) in [6, 6.07) is 13.4. The quantitative estimate of drug-likeness (QED) is 0.484. The van der Waals surface area contributed by atoms with Crippen molar-refractivity contribution in [3.05, 3.63) is 64.7 Å². The zero-order chi connectivity index (χ0) is 19.4. The van der Waals surface area contributed by atoms with E-state index < -0.39 is 17.8 Å². The van der Waals surface area contributed by atoms with Crippen LogP contribution in [0.3, 0.4) is 0 Å². The Labute approximate surface area is 160 Å². The standard InChI is InChI=1S/C19H15ClN2O5/c1-26-17(23)11-27-16-8-7-13(20)9-12(16)10-15-18(24)21-22(19(15)25)14-5-3-2-4-6-14/h2-10H,11H2,1H3,(H,21,24)/b15-10-. The fraction of sp³-hybridized carbons (Fsp3) is 0.105. The van der Waals surface area contributed by atoms with Gasteiger partial charge in [0.1, 0.15) is 11.3 Å². The maximum Gasteiger partial charge on any atom is 0.343 e. The fourth-order valence-electron chi connectivity index (χ4n) is 2.43. The lowest BCUT2D eigenvalue weighted by Gasteiger charge is -2.14. The average molecular weight is 387 g/mol. The van der Waals surface area contributed by atoms with E-state index in [-0.39, 0.29) is 17.9 Å². The first kappa shape index (κ1) is 18.5. The molecule has 0 spiro atoms. The number of methoxy groups -OCH3 is 1. The van der Waals surface area contributed by atoms with Crippen molar-refractivity contribution in [2.45, 2.75) is 0 Å². The molecule has 2 aromatic carbocycles. The van der Waals surface area contributed by atoms with E-state index in [1.54, 1.807) is 42.5 Å². The van der Waals surface area contributed by atoms with Gasteiger partial charge in [-0.05, 0) is 36.4 Å². The predicted octanol–water partition coefficient (Wildman–Crippen LogP) is 2.35. The van der Waals surface area contributed by atoms with E-state index >= 15 is 0 Å². The summed E-state index contributed by atoms with van der Waals surface area (Å²) < 4.78 is 9.94. The van der Waals surface area contributed by atoms with Crippen molar-refractivity contribution in [1.29, 1.82) is 0 Å². The third-order valence-electron chi connectivity index (χ3n) is 3.75. The fourth-order valence-corrected chi connectivity index (χ4v) is 2.61. The second-order valence-corrected chi connectivity index (χ2v) is 5.96. The van der Waals surface area contributed by atoms with Crippen LogP contribution in [0.25, 0.3) is 6.08 Å². The van der Waals surface area contributed by atoms with Crippen LogP contribution in [0.5, 0.6) is 5.75 Å². The molecule has 1 aliphatic heterocycles. The first-order chi connectivity index (χ1) is 13.0. The number of hydrogen-bond donors (Lipinski definition) is 1. The van der Waals surface area contributed by atoms with Crippen molar-refractivity contribution in [3.63, 3.8) is 0 Å². The molecule has 8 heteroatoms. The molecule has 0 radical (unpaired) electrons. The highest BCUT2D eigenvalue weighted by molar-refractivity contribution is 6.32. The number of benzene rings is 2. The van der Waals surface area contributed by atoms with Crippen LogP contribution < -0.4 is 15.2 Å². The summed E-state index contributed by atoms with van der Waals surface area (Å²) in [5.41, 5.74) is 3.36. The summed E-state index contributed by atoms with van der Waals surface area (Å²) in [6.07, 6.45) is 1.37. The largest absolute Gasteiger partial charge is 0.481 e. The lowest BCUT2D eigenvalue weighted by Crippen LogP contribution is -2.35. The number of rotatable bonds is 5. The normalized spacial score (nSPS) is 15.0. The van der Waals surface area contributed by atoms with Crippen molar-refractivity contribution in [1.82, 2.24) is 5.43 Å². The lowest BCUT2D eigenvalue weighted by atomic mass is 10.1. The number of amides is 2. The molecule has 0 unspecified atom stereocenters. The highest BCUT2D eigenvalue weighted by Crippen LogP contribution is 2.28. The Kier molecular flexibility index (Phi) is 5.42. The number of para-hydroxylation sites is 1. The predicted molar refractivity (Wildman–Crippen MR) is 99.0 cm³/mol. The Morgan fingerprint density at radius 3 is 2.63 bits per heavy atom. The number of hydrogen-bond acceptors (Lipinski definition) is 5. The molecule has 1 heterocycles. The van der Waals surface area contributed by atoms with Crippen LogP contribution >= 0.6 is 11.6 Å². The molecular formula is C19H15ClN2O5. The number of carbonyl (C=O) groups is 3. The summed E-state index contributed by atoms with van der Waals surface area (Å²) in [4.78, 5) is 36.2. The number of nitrogens with one attached hydrogen (secondary N) is 1. The number of esters is 1. The van der Waals surface area contributed by atoms with Gasteiger partial charge in [-0.2, -0.15) is 0 Å². The van der Waals surface area contributed by atoms with Crippen LogP contribution in [0.2, 0.25) is 5.02 Å². The Morgan fingerprint density at radius 2 is 1.93 bits per heavy atom. The summed E-state index contributed by atoms with van der Waals surface area (Å²) >= 11 is 6.02. The van der Waals surface area contributed by atoms with Gasteiger partial charge < -0.3 is 9.47 Å². The van der Waals surface area contributed by atoms with E-state index in [0.29, 0.717) is 16.3 Å². The number of hydrazine groups is 1. The van der Waals surface area contributed by atoms with Crippen LogP contribution in [-0.4, -0.2) is 31.5 Å². The molecule has 3 rings (SSSR count). The van der Waals surface area contributed by atoms with Gasteiger partial charge in [-0.3, -0.25) is 15.0 Å². The first-order valence-corrected chi connectivity index (χ1v) is 8.28. The molecule has 2 amide bonds. The van der Waals surface area contributed by atoms with Crippen LogP contribution in [0, 0.1) is 0 Å². The minimum atomic E-state index is -0.562. The number of ether oxygens (including phenoxy) is 2. The van der Waals surface area contributed by atoms with Crippen LogP contribution in [-0.2, 0) is 19.1 Å². The molecule has 1 saturated heterocycles. The molecule has 0 saturated carbocycles. The monoisotopic (exact) mass is 386 g/mol. The van der Waals surface area contributed by atoms with Gasteiger partial charge in [0.15, 0.2) is 6.61 Å². The number of halogens is 1. The van der Waals surface area contributed by atoms with E-state index in [9.17, 15) is 14.4 Å². The highest BCUT2D eigenvalue weighted by atomic mass is 35.5. The maximum absolute atomic E-state index is 12.7. The summed E-state index contributed by atoms with van der Waals surface area (Å²) in [5.74, 6) is -1.34. The zero-order valence-corrected chi connectivity index (χ0v) is 15.0. The first-order valence-electron chi connectivity index (χ1n) is 7.91. The molecule has 0 atom stereocenters. The molecule has 0 bridgehead atoms. The van der Waals surface area contributed by atoms with Gasteiger partial charge in [0.05, 0.1) is 12.8 Å². The topological polar surface area (TPSA) is 84.9 Å².